The Morgan fingerprint density at radius 1 is 1.15 bits per heavy atom. The summed E-state index contributed by atoms with van der Waals surface area (Å²) in [7, 11) is 1.46. The van der Waals surface area contributed by atoms with Gasteiger partial charge in [0.1, 0.15) is 17.7 Å². The van der Waals surface area contributed by atoms with Crippen LogP contribution in [-0.4, -0.2) is 12.2 Å². The Labute approximate surface area is 134 Å². The largest absolute Gasteiger partial charge is 0.495 e. The molecule has 0 radical (unpaired) electrons. The highest BCUT2D eigenvalue weighted by molar-refractivity contribution is 9.10. The maximum atomic E-state index is 13.8. The standard InChI is InChI=1S/C14H10BrCl2FO2/c1-20-14-10(5-8(17)6-11(14)15)13(19)9-4-7(16)2-3-12(9)18/h2-6,13,19H,1H3. The predicted molar refractivity (Wildman–Crippen MR) is 81.2 cm³/mol. The van der Waals surface area contributed by atoms with Gasteiger partial charge in [0.2, 0.25) is 0 Å². The van der Waals surface area contributed by atoms with Crippen molar-refractivity contribution in [2.45, 2.75) is 6.10 Å². The van der Waals surface area contributed by atoms with Gasteiger partial charge in [0.15, 0.2) is 0 Å². The second-order valence-electron chi connectivity index (χ2n) is 4.08. The van der Waals surface area contributed by atoms with Crippen molar-refractivity contribution in [2.75, 3.05) is 7.11 Å². The lowest BCUT2D eigenvalue weighted by molar-refractivity contribution is 0.209. The van der Waals surface area contributed by atoms with Crippen LogP contribution in [0.15, 0.2) is 34.8 Å². The first-order valence-electron chi connectivity index (χ1n) is 5.60. The van der Waals surface area contributed by atoms with Gasteiger partial charge in [-0.15, -0.1) is 0 Å². The Bertz CT molecular complexity index is 649. The molecule has 1 atom stereocenters. The molecule has 1 unspecified atom stereocenters. The first-order chi connectivity index (χ1) is 9.43. The second kappa shape index (κ2) is 6.31. The number of rotatable bonds is 3. The van der Waals surface area contributed by atoms with E-state index >= 15 is 0 Å². The van der Waals surface area contributed by atoms with Gasteiger partial charge in [-0.3, -0.25) is 0 Å². The van der Waals surface area contributed by atoms with Gasteiger partial charge in [-0.1, -0.05) is 23.2 Å². The van der Waals surface area contributed by atoms with E-state index in [0.29, 0.717) is 25.8 Å². The lowest BCUT2D eigenvalue weighted by atomic mass is 10.00. The van der Waals surface area contributed by atoms with E-state index in [1.165, 1.54) is 31.4 Å². The zero-order valence-electron chi connectivity index (χ0n) is 10.3. The van der Waals surface area contributed by atoms with Crippen LogP contribution in [-0.2, 0) is 0 Å². The average Bonchev–Trinajstić information content (AvgIpc) is 2.40. The number of aliphatic hydroxyl groups is 1. The van der Waals surface area contributed by atoms with Crippen molar-refractivity contribution in [3.63, 3.8) is 0 Å². The third-order valence-corrected chi connectivity index (χ3v) is 3.83. The monoisotopic (exact) mass is 378 g/mol. The van der Waals surface area contributed by atoms with Crippen molar-refractivity contribution in [1.82, 2.24) is 0 Å². The smallest absolute Gasteiger partial charge is 0.139 e. The number of hydrogen-bond acceptors (Lipinski definition) is 2. The molecular formula is C14H10BrCl2FO2. The minimum Gasteiger partial charge on any atom is -0.495 e. The van der Waals surface area contributed by atoms with Crippen molar-refractivity contribution in [1.29, 1.82) is 0 Å². The van der Waals surface area contributed by atoms with Gasteiger partial charge in [-0.05, 0) is 46.3 Å². The predicted octanol–water partition coefficient (Wildman–Crippen LogP) is 4.99. The maximum Gasteiger partial charge on any atom is 0.139 e. The lowest BCUT2D eigenvalue weighted by Gasteiger charge is -2.17. The van der Waals surface area contributed by atoms with Gasteiger partial charge in [-0.2, -0.15) is 0 Å². The Kier molecular flexibility index (Phi) is 4.91. The molecule has 2 aromatic carbocycles. The second-order valence-corrected chi connectivity index (χ2v) is 5.81. The summed E-state index contributed by atoms with van der Waals surface area (Å²) in [6, 6.07) is 7.14. The van der Waals surface area contributed by atoms with Crippen LogP contribution in [0, 0.1) is 5.82 Å². The highest BCUT2D eigenvalue weighted by atomic mass is 79.9. The van der Waals surface area contributed by atoms with Crippen molar-refractivity contribution in [3.8, 4) is 5.75 Å². The van der Waals surface area contributed by atoms with Crippen molar-refractivity contribution in [2.24, 2.45) is 0 Å². The van der Waals surface area contributed by atoms with E-state index in [4.69, 9.17) is 27.9 Å². The van der Waals surface area contributed by atoms with Crippen LogP contribution in [0.5, 0.6) is 5.75 Å². The van der Waals surface area contributed by atoms with E-state index in [9.17, 15) is 9.50 Å². The summed E-state index contributed by atoms with van der Waals surface area (Å²) < 4.78 is 19.6. The number of hydrogen-bond donors (Lipinski definition) is 1. The van der Waals surface area contributed by atoms with Gasteiger partial charge >= 0.3 is 0 Å². The van der Waals surface area contributed by atoms with Crippen molar-refractivity contribution >= 4 is 39.1 Å². The number of ether oxygens (including phenoxy) is 1. The van der Waals surface area contributed by atoms with E-state index in [-0.39, 0.29) is 5.56 Å². The molecule has 0 heterocycles. The number of aliphatic hydroxyl groups excluding tert-OH is 1. The fraction of sp³-hybridized carbons (Fsp3) is 0.143. The van der Waals surface area contributed by atoms with Gasteiger partial charge < -0.3 is 9.84 Å². The first-order valence-corrected chi connectivity index (χ1v) is 7.15. The first kappa shape index (κ1) is 15.6. The van der Waals surface area contributed by atoms with E-state index < -0.39 is 11.9 Å². The van der Waals surface area contributed by atoms with E-state index in [0.717, 1.165) is 0 Å². The molecule has 2 rings (SSSR count). The van der Waals surface area contributed by atoms with Crippen LogP contribution < -0.4 is 4.74 Å². The summed E-state index contributed by atoms with van der Waals surface area (Å²) in [5.41, 5.74) is 0.415. The van der Waals surface area contributed by atoms with Crippen LogP contribution in [0.25, 0.3) is 0 Å². The molecule has 2 aromatic rings. The van der Waals surface area contributed by atoms with Crippen LogP contribution in [0.4, 0.5) is 4.39 Å². The molecule has 0 aliphatic rings. The third kappa shape index (κ3) is 3.09. The van der Waals surface area contributed by atoms with Crippen LogP contribution >= 0.6 is 39.1 Å². The molecule has 0 fully saturated rings. The van der Waals surface area contributed by atoms with Gasteiger partial charge in [-0.25, -0.2) is 4.39 Å². The molecule has 2 nitrogen and oxygen atoms in total. The molecule has 0 bridgehead atoms. The molecule has 0 aromatic heterocycles. The zero-order chi connectivity index (χ0) is 14.9. The molecule has 0 aliphatic carbocycles. The topological polar surface area (TPSA) is 29.5 Å². The quantitative estimate of drug-likeness (QED) is 0.814. The van der Waals surface area contributed by atoms with Crippen molar-refractivity contribution < 1.29 is 14.2 Å². The summed E-state index contributed by atoms with van der Waals surface area (Å²) >= 11 is 15.1. The summed E-state index contributed by atoms with van der Waals surface area (Å²) in [6.07, 6.45) is -1.24. The Morgan fingerprint density at radius 2 is 1.80 bits per heavy atom. The van der Waals surface area contributed by atoms with Gasteiger partial charge in [0.25, 0.3) is 0 Å². The molecular weight excluding hydrogens is 370 g/mol. The summed E-state index contributed by atoms with van der Waals surface area (Å²) in [5.74, 6) is -0.165. The van der Waals surface area contributed by atoms with Gasteiger partial charge in [0, 0.05) is 21.2 Å². The minimum absolute atomic E-state index is 0.0602. The Hall–Kier alpha value is -0.810. The van der Waals surface area contributed by atoms with Crippen LogP contribution in [0.1, 0.15) is 17.2 Å². The molecule has 0 saturated heterocycles. The number of halogens is 4. The molecule has 0 saturated carbocycles. The zero-order valence-corrected chi connectivity index (χ0v) is 13.4. The number of benzene rings is 2. The van der Waals surface area contributed by atoms with Crippen LogP contribution in [0.3, 0.4) is 0 Å². The maximum absolute atomic E-state index is 13.8. The van der Waals surface area contributed by atoms with E-state index in [1.807, 2.05) is 0 Å². The van der Waals surface area contributed by atoms with E-state index in [1.54, 1.807) is 6.07 Å². The normalized spacial score (nSPS) is 12.3. The molecule has 20 heavy (non-hydrogen) atoms. The van der Waals surface area contributed by atoms with Crippen LogP contribution in [0.2, 0.25) is 10.0 Å². The molecule has 1 N–H and O–H groups in total. The molecule has 0 aliphatic heterocycles. The summed E-state index contributed by atoms with van der Waals surface area (Å²) in [5, 5.41) is 11.1. The fourth-order valence-electron chi connectivity index (χ4n) is 1.89. The van der Waals surface area contributed by atoms with E-state index in [2.05, 4.69) is 15.9 Å². The molecule has 106 valence electrons. The highest BCUT2D eigenvalue weighted by Gasteiger charge is 2.21. The Balaban J connectivity index is 2.58. The summed E-state index contributed by atoms with van der Waals surface area (Å²) in [6.45, 7) is 0. The SMILES string of the molecule is COc1c(Br)cc(Cl)cc1C(O)c1cc(Cl)ccc1F. The minimum atomic E-state index is -1.24. The Morgan fingerprint density at radius 3 is 2.45 bits per heavy atom. The van der Waals surface area contributed by atoms with Gasteiger partial charge in [0.05, 0.1) is 11.6 Å². The average molecular weight is 380 g/mol. The molecule has 0 spiro atoms. The highest BCUT2D eigenvalue weighted by Crippen LogP contribution is 2.39. The van der Waals surface area contributed by atoms with Crippen molar-refractivity contribution in [3.05, 3.63) is 61.8 Å². The lowest BCUT2D eigenvalue weighted by Crippen LogP contribution is -2.05. The molecule has 6 heteroatoms. The number of methoxy groups -OCH3 is 1. The third-order valence-electron chi connectivity index (χ3n) is 2.79. The molecule has 0 amide bonds. The summed E-state index contributed by atoms with van der Waals surface area (Å²) in [4.78, 5) is 0. The fourth-order valence-corrected chi connectivity index (χ4v) is 3.07.